The summed E-state index contributed by atoms with van der Waals surface area (Å²) >= 11 is 1.73. The molecule has 0 aliphatic heterocycles. The Bertz CT molecular complexity index is 706. The van der Waals surface area contributed by atoms with E-state index >= 15 is 0 Å². The number of aromatic nitrogens is 1. The van der Waals surface area contributed by atoms with Crippen LogP contribution in [0.25, 0.3) is 0 Å². The van der Waals surface area contributed by atoms with Crippen molar-refractivity contribution in [3.8, 4) is 11.5 Å². The highest BCUT2D eigenvalue weighted by Crippen LogP contribution is 2.31. The topological polar surface area (TPSA) is 67.8 Å². The number of halogens is 1. The summed E-state index contributed by atoms with van der Waals surface area (Å²) in [5, 5.41) is 7.64. The maximum atomic E-state index is 5.46. The number of aliphatic imine (C=N–C) groups is 1. The molecule has 26 heavy (non-hydrogen) atoms. The fraction of sp³-hybridized carbons (Fsp3) is 0.444. The van der Waals surface area contributed by atoms with Gasteiger partial charge in [-0.1, -0.05) is 19.1 Å². The Morgan fingerprint density at radius 2 is 2.00 bits per heavy atom. The predicted octanol–water partition coefficient (Wildman–Crippen LogP) is 3.60. The molecule has 0 unspecified atom stereocenters. The number of thiazole rings is 1. The third-order valence-corrected chi connectivity index (χ3v) is 4.73. The van der Waals surface area contributed by atoms with Crippen molar-refractivity contribution in [1.82, 2.24) is 15.6 Å². The number of nitrogens with zero attached hydrogens (tertiary/aromatic N) is 2. The largest absolute Gasteiger partial charge is 0.493 e. The minimum atomic E-state index is 0. The highest BCUT2D eigenvalue weighted by Gasteiger charge is 2.09. The lowest BCUT2D eigenvalue weighted by Gasteiger charge is -2.13. The van der Waals surface area contributed by atoms with E-state index in [2.05, 4.69) is 27.5 Å². The Balaban J connectivity index is 0.00000338. The van der Waals surface area contributed by atoms with Crippen LogP contribution in [0.5, 0.6) is 11.5 Å². The van der Waals surface area contributed by atoms with Crippen LogP contribution in [0.15, 0.2) is 29.4 Å². The van der Waals surface area contributed by atoms with Crippen LogP contribution >= 0.6 is 35.3 Å². The SMILES string of the molecule is CCNC(=NCc1cccc(OC)c1OC)NCc1ncc(CC)s1.I. The molecule has 144 valence electrons. The number of guanidine groups is 1. The van der Waals surface area contributed by atoms with Gasteiger partial charge >= 0.3 is 0 Å². The quantitative estimate of drug-likeness (QED) is 0.336. The van der Waals surface area contributed by atoms with Gasteiger partial charge in [-0.25, -0.2) is 9.98 Å². The van der Waals surface area contributed by atoms with E-state index in [1.807, 2.05) is 31.3 Å². The summed E-state index contributed by atoms with van der Waals surface area (Å²) in [6.45, 7) is 6.12. The van der Waals surface area contributed by atoms with E-state index in [4.69, 9.17) is 9.47 Å². The molecule has 0 atom stereocenters. The Kier molecular flexibility index (Phi) is 10.3. The number of para-hydroxylation sites is 1. The van der Waals surface area contributed by atoms with Crippen LogP contribution in [0, 0.1) is 0 Å². The summed E-state index contributed by atoms with van der Waals surface area (Å²) in [7, 11) is 3.28. The van der Waals surface area contributed by atoms with Crippen molar-refractivity contribution in [2.24, 2.45) is 4.99 Å². The van der Waals surface area contributed by atoms with E-state index in [1.165, 1.54) is 4.88 Å². The fourth-order valence-corrected chi connectivity index (χ4v) is 3.14. The van der Waals surface area contributed by atoms with Gasteiger partial charge in [0.2, 0.25) is 0 Å². The second kappa shape index (κ2) is 11.9. The maximum Gasteiger partial charge on any atom is 0.191 e. The van der Waals surface area contributed by atoms with E-state index in [0.717, 1.165) is 35.2 Å². The van der Waals surface area contributed by atoms with E-state index < -0.39 is 0 Å². The average molecular weight is 490 g/mol. The molecule has 1 aromatic heterocycles. The van der Waals surface area contributed by atoms with Crippen molar-refractivity contribution in [3.05, 3.63) is 39.8 Å². The number of aryl methyl sites for hydroxylation is 1. The maximum absolute atomic E-state index is 5.46. The molecule has 0 bridgehead atoms. The molecule has 0 amide bonds. The van der Waals surface area contributed by atoms with Crippen LogP contribution in [0.3, 0.4) is 0 Å². The average Bonchev–Trinajstić information content (AvgIpc) is 3.11. The molecule has 0 aliphatic carbocycles. The molecular weight excluding hydrogens is 463 g/mol. The van der Waals surface area contributed by atoms with Crippen molar-refractivity contribution >= 4 is 41.3 Å². The Labute approximate surface area is 176 Å². The van der Waals surface area contributed by atoms with E-state index in [9.17, 15) is 0 Å². The summed E-state index contributed by atoms with van der Waals surface area (Å²) < 4.78 is 10.8. The molecule has 0 saturated carbocycles. The number of benzene rings is 1. The first-order valence-electron chi connectivity index (χ1n) is 8.37. The van der Waals surface area contributed by atoms with Gasteiger partial charge in [0.25, 0.3) is 0 Å². The number of nitrogens with one attached hydrogen (secondary N) is 2. The molecule has 2 aromatic rings. The number of ether oxygens (including phenoxy) is 2. The highest BCUT2D eigenvalue weighted by molar-refractivity contribution is 14.0. The van der Waals surface area contributed by atoms with Gasteiger partial charge in [0.1, 0.15) is 5.01 Å². The minimum Gasteiger partial charge on any atom is -0.493 e. The number of hydrogen-bond acceptors (Lipinski definition) is 5. The second-order valence-corrected chi connectivity index (χ2v) is 6.47. The molecule has 1 aromatic carbocycles. The van der Waals surface area contributed by atoms with Crippen LogP contribution < -0.4 is 20.1 Å². The van der Waals surface area contributed by atoms with Gasteiger partial charge in [0, 0.05) is 23.2 Å². The van der Waals surface area contributed by atoms with Gasteiger partial charge in [-0.15, -0.1) is 35.3 Å². The first kappa shape index (κ1) is 22.5. The first-order chi connectivity index (χ1) is 12.2. The normalized spacial score (nSPS) is 10.8. The molecule has 6 nitrogen and oxygen atoms in total. The van der Waals surface area contributed by atoms with Crippen LogP contribution in [0.1, 0.15) is 29.3 Å². The molecule has 0 fully saturated rings. The van der Waals surface area contributed by atoms with Crippen molar-refractivity contribution in [3.63, 3.8) is 0 Å². The number of rotatable bonds is 8. The molecule has 0 aliphatic rings. The zero-order chi connectivity index (χ0) is 18.1. The minimum absolute atomic E-state index is 0. The Morgan fingerprint density at radius 1 is 1.19 bits per heavy atom. The Hall–Kier alpha value is -1.55. The lowest BCUT2D eigenvalue weighted by atomic mass is 10.2. The summed E-state index contributed by atoms with van der Waals surface area (Å²) in [6.07, 6.45) is 2.95. The molecule has 2 N–H and O–H groups in total. The number of hydrogen-bond donors (Lipinski definition) is 2. The lowest BCUT2D eigenvalue weighted by molar-refractivity contribution is 0.352. The van der Waals surface area contributed by atoms with Gasteiger partial charge in [0.05, 0.1) is 27.3 Å². The molecule has 0 radical (unpaired) electrons. The summed E-state index contributed by atoms with van der Waals surface area (Å²) in [6, 6.07) is 5.81. The third kappa shape index (κ3) is 6.31. The first-order valence-corrected chi connectivity index (χ1v) is 9.19. The molecule has 0 spiro atoms. The van der Waals surface area contributed by atoms with E-state index in [1.54, 1.807) is 25.6 Å². The Morgan fingerprint density at radius 3 is 2.62 bits per heavy atom. The third-order valence-electron chi connectivity index (χ3n) is 3.59. The van der Waals surface area contributed by atoms with Crippen LogP contribution in [0.4, 0.5) is 0 Å². The van der Waals surface area contributed by atoms with Crippen LogP contribution in [0.2, 0.25) is 0 Å². The predicted molar refractivity (Wildman–Crippen MR) is 118 cm³/mol. The van der Waals surface area contributed by atoms with Crippen molar-refractivity contribution in [2.45, 2.75) is 33.4 Å². The zero-order valence-electron chi connectivity index (χ0n) is 15.7. The van der Waals surface area contributed by atoms with E-state index in [0.29, 0.717) is 18.8 Å². The smallest absolute Gasteiger partial charge is 0.191 e. The lowest BCUT2D eigenvalue weighted by Crippen LogP contribution is -2.36. The number of methoxy groups -OCH3 is 2. The summed E-state index contributed by atoms with van der Waals surface area (Å²) in [5.74, 6) is 2.18. The van der Waals surface area contributed by atoms with Crippen LogP contribution in [-0.2, 0) is 19.5 Å². The van der Waals surface area contributed by atoms with Crippen molar-refractivity contribution in [2.75, 3.05) is 20.8 Å². The van der Waals surface area contributed by atoms with Gasteiger partial charge < -0.3 is 20.1 Å². The molecule has 8 heteroatoms. The highest BCUT2D eigenvalue weighted by atomic mass is 127. The molecule has 2 rings (SSSR count). The zero-order valence-corrected chi connectivity index (χ0v) is 18.8. The van der Waals surface area contributed by atoms with Crippen LogP contribution in [-0.4, -0.2) is 31.7 Å². The van der Waals surface area contributed by atoms with E-state index in [-0.39, 0.29) is 24.0 Å². The standard InChI is InChI=1S/C18H26N4O2S.HI/c1-5-14-11-20-16(25-14)12-22-18(19-6-2)21-10-13-8-7-9-15(23-3)17(13)24-4;/h7-9,11H,5-6,10,12H2,1-4H3,(H2,19,21,22);1H. The molecule has 1 heterocycles. The fourth-order valence-electron chi connectivity index (χ4n) is 2.34. The van der Waals surface area contributed by atoms with Gasteiger partial charge in [0.15, 0.2) is 17.5 Å². The van der Waals surface area contributed by atoms with Gasteiger partial charge in [-0.05, 0) is 19.4 Å². The van der Waals surface area contributed by atoms with Crippen molar-refractivity contribution in [1.29, 1.82) is 0 Å². The van der Waals surface area contributed by atoms with Gasteiger partial charge in [-0.3, -0.25) is 0 Å². The molecular formula is C18H27IN4O2S. The van der Waals surface area contributed by atoms with Gasteiger partial charge in [-0.2, -0.15) is 0 Å². The summed E-state index contributed by atoms with van der Waals surface area (Å²) in [5.41, 5.74) is 0.974. The monoisotopic (exact) mass is 490 g/mol. The molecule has 0 saturated heterocycles. The summed E-state index contributed by atoms with van der Waals surface area (Å²) in [4.78, 5) is 10.4. The second-order valence-electron chi connectivity index (χ2n) is 5.28. The van der Waals surface area contributed by atoms with Crippen molar-refractivity contribution < 1.29 is 9.47 Å².